The minimum absolute atomic E-state index is 0.0297. The molecule has 0 aliphatic heterocycles. The van der Waals surface area contributed by atoms with Crippen LogP contribution in [0.4, 0.5) is 0 Å². The van der Waals surface area contributed by atoms with E-state index in [1.54, 1.807) is 0 Å². The summed E-state index contributed by atoms with van der Waals surface area (Å²) in [6, 6.07) is 0. The Labute approximate surface area is 211 Å². The molecule has 0 amide bonds. The molecular weight excluding hydrogens is 440 g/mol. The lowest BCUT2D eigenvalue weighted by molar-refractivity contribution is -0.188. The van der Waals surface area contributed by atoms with Crippen LogP contribution >= 0.6 is 0 Å². The molecule has 198 valence electrons. The zero-order chi connectivity index (χ0) is 25.7. The third-order valence-electron chi connectivity index (χ3n) is 12.8. The van der Waals surface area contributed by atoms with Crippen LogP contribution in [0.5, 0.6) is 0 Å². The second-order valence-electron chi connectivity index (χ2n) is 14.2. The Bertz CT molecular complexity index is 897. The first kappa shape index (κ1) is 25.7. The van der Waals surface area contributed by atoms with Crippen LogP contribution in [0.2, 0.25) is 0 Å². The van der Waals surface area contributed by atoms with Crippen LogP contribution in [0.15, 0.2) is 11.6 Å². The molecule has 4 saturated carbocycles. The highest BCUT2D eigenvalue weighted by Gasteiger charge is 2.70. The van der Waals surface area contributed by atoms with Crippen molar-refractivity contribution in [3.63, 3.8) is 0 Å². The van der Waals surface area contributed by atoms with E-state index in [9.17, 15) is 25.2 Å². The Morgan fingerprint density at radius 1 is 1.03 bits per heavy atom. The van der Waals surface area contributed by atoms with Crippen molar-refractivity contribution >= 4 is 5.97 Å². The van der Waals surface area contributed by atoms with Crippen LogP contribution in [0.3, 0.4) is 0 Å². The van der Waals surface area contributed by atoms with Gasteiger partial charge in [-0.3, -0.25) is 4.79 Å². The van der Waals surface area contributed by atoms with E-state index in [1.165, 1.54) is 6.42 Å². The highest BCUT2D eigenvalue weighted by molar-refractivity contribution is 5.76. The standard InChI is InChI=1S/C30H48O5/c1-15(2)17(4)28(5)13-23(28)16(3)21-9-10-22-20-8-7-18-11-19(31)12-25(33)29(18,6)26(20)24(32)14-30(21,22)27(34)35/h7,15-17,19-26,31-33H,8-14H2,1-6H3,(H,34,35)/t16?,17-,19-,20?,21?,22?,23?,24-,25+,26?,28-,29-,30+/m1/s1. The zero-order valence-corrected chi connectivity index (χ0v) is 22.6. The number of carboxylic acids is 1. The van der Waals surface area contributed by atoms with Crippen molar-refractivity contribution in [3.8, 4) is 0 Å². The first-order valence-corrected chi connectivity index (χ1v) is 14.3. The minimum Gasteiger partial charge on any atom is -0.481 e. The van der Waals surface area contributed by atoms with Crippen LogP contribution in [0, 0.1) is 63.6 Å². The average Bonchev–Trinajstić information content (AvgIpc) is 3.32. The second kappa shape index (κ2) is 8.30. The molecule has 0 bridgehead atoms. The molecule has 5 nitrogen and oxygen atoms in total. The summed E-state index contributed by atoms with van der Waals surface area (Å²) in [7, 11) is 0. The van der Waals surface area contributed by atoms with E-state index in [0.29, 0.717) is 42.9 Å². The van der Waals surface area contributed by atoms with E-state index in [4.69, 9.17) is 0 Å². The Morgan fingerprint density at radius 3 is 2.34 bits per heavy atom. The molecule has 5 aliphatic carbocycles. The summed E-state index contributed by atoms with van der Waals surface area (Å²) in [4.78, 5) is 13.2. The molecule has 4 N–H and O–H groups in total. The maximum absolute atomic E-state index is 13.2. The first-order chi connectivity index (χ1) is 16.3. The van der Waals surface area contributed by atoms with Gasteiger partial charge in [0.1, 0.15) is 0 Å². The molecule has 6 unspecified atom stereocenters. The third-order valence-corrected chi connectivity index (χ3v) is 12.8. The topological polar surface area (TPSA) is 98.0 Å². The normalized spacial score (nSPS) is 52.7. The van der Waals surface area contributed by atoms with Gasteiger partial charge in [0.2, 0.25) is 0 Å². The van der Waals surface area contributed by atoms with Gasteiger partial charge < -0.3 is 20.4 Å². The maximum atomic E-state index is 13.2. The molecule has 0 aromatic heterocycles. The third kappa shape index (κ3) is 3.39. The monoisotopic (exact) mass is 488 g/mol. The number of aliphatic carboxylic acids is 1. The lowest BCUT2D eigenvalue weighted by atomic mass is 9.45. The number of carboxylic acid groups (broad SMARTS) is 1. The molecule has 5 aliphatic rings. The van der Waals surface area contributed by atoms with E-state index in [0.717, 1.165) is 24.8 Å². The summed E-state index contributed by atoms with van der Waals surface area (Å²) >= 11 is 0. The largest absolute Gasteiger partial charge is 0.481 e. The molecule has 0 aromatic rings. The van der Waals surface area contributed by atoms with Crippen molar-refractivity contribution in [2.24, 2.45) is 63.6 Å². The number of allylic oxidation sites excluding steroid dienone is 1. The summed E-state index contributed by atoms with van der Waals surface area (Å²) in [5.41, 5.74) is -0.126. The number of rotatable bonds is 5. The fraction of sp³-hybridized carbons (Fsp3) is 0.900. The smallest absolute Gasteiger partial charge is 0.310 e. The molecule has 0 saturated heterocycles. The van der Waals surface area contributed by atoms with Gasteiger partial charge in [-0.25, -0.2) is 0 Å². The van der Waals surface area contributed by atoms with Crippen molar-refractivity contribution in [2.45, 2.75) is 105 Å². The van der Waals surface area contributed by atoms with Crippen molar-refractivity contribution in [1.82, 2.24) is 0 Å². The Balaban J connectivity index is 1.48. The summed E-state index contributed by atoms with van der Waals surface area (Å²) in [5, 5.41) is 44.0. The summed E-state index contributed by atoms with van der Waals surface area (Å²) < 4.78 is 0. The van der Waals surface area contributed by atoms with Crippen molar-refractivity contribution in [3.05, 3.63) is 11.6 Å². The SMILES string of the molecule is CC(C1CCC2C3CC=C4C[C@@H](O)C[C@H](O)[C@]4(C)C3[C@H](O)C[C@]12C(=O)O)C1C[C@]1(C)[C@H](C)C(C)C. The number of hydrogen-bond donors (Lipinski definition) is 4. The van der Waals surface area contributed by atoms with Gasteiger partial charge in [0.05, 0.1) is 23.7 Å². The van der Waals surface area contributed by atoms with E-state index >= 15 is 0 Å². The zero-order valence-electron chi connectivity index (χ0n) is 22.6. The van der Waals surface area contributed by atoms with Gasteiger partial charge in [0.15, 0.2) is 0 Å². The van der Waals surface area contributed by atoms with Crippen LogP contribution < -0.4 is 0 Å². The Hall–Kier alpha value is -0.910. The molecule has 5 rings (SSSR count). The second-order valence-corrected chi connectivity index (χ2v) is 14.2. The fourth-order valence-corrected chi connectivity index (χ4v) is 10.4. The van der Waals surface area contributed by atoms with Crippen molar-refractivity contribution < 1.29 is 25.2 Å². The number of aliphatic hydroxyl groups excluding tert-OH is 3. The quantitative estimate of drug-likeness (QED) is 0.413. The average molecular weight is 489 g/mol. The number of fused-ring (bicyclic) bond motifs is 5. The molecule has 13 atom stereocenters. The molecule has 0 aromatic carbocycles. The van der Waals surface area contributed by atoms with Gasteiger partial charge in [-0.05, 0) is 91.3 Å². The Morgan fingerprint density at radius 2 is 1.71 bits per heavy atom. The molecule has 35 heavy (non-hydrogen) atoms. The van der Waals surface area contributed by atoms with Gasteiger partial charge >= 0.3 is 5.97 Å². The molecule has 5 heteroatoms. The van der Waals surface area contributed by atoms with Gasteiger partial charge in [0, 0.05) is 11.8 Å². The van der Waals surface area contributed by atoms with Crippen molar-refractivity contribution in [1.29, 1.82) is 0 Å². The predicted octanol–water partition coefficient (Wildman–Crippen LogP) is 4.89. The lowest BCUT2D eigenvalue weighted by Crippen LogP contribution is -2.62. The first-order valence-electron chi connectivity index (χ1n) is 14.3. The number of carbonyl (C=O) groups is 1. The van der Waals surface area contributed by atoms with Gasteiger partial charge in [-0.15, -0.1) is 0 Å². The summed E-state index contributed by atoms with van der Waals surface area (Å²) in [6.07, 6.45) is 5.09. The van der Waals surface area contributed by atoms with Crippen LogP contribution in [-0.2, 0) is 4.79 Å². The van der Waals surface area contributed by atoms with Crippen LogP contribution in [-0.4, -0.2) is 44.7 Å². The van der Waals surface area contributed by atoms with Gasteiger partial charge in [-0.2, -0.15) is 0 Å². The number of hydrogen-bond acceptors (Lipinski definition) is 4. The lowest BCUT2D eigenvalue weighted by Gasteiger charge is -2.60. The van der Waals surface area contributed by atoms with Crippen LogP contribution in [0.25, 0.3) is 0 Å². The minimum atomic E-state index is -0.884. The van der Waals surface area contributed by atoms with E-state index in [1.807, 2.05) is 0 Å². The summed E-state index contributed by atoms with van der Waals surface area (Å²) in [5.74, 6) is 1.41. The maximum Gasteiger partial charge on any atom is 0.310 e. The van der Waals surface area contributed by atoms with E-state index < -0.39 is 35.1 Å². The molecule has 0 heterocycles. The Kier molecular flexibility index (Phi) is 6.10. The fourth-order valence-electron chi connectivity index (χ4n) is 10.4. The van der Waals surface area contributed by atoms with E-state index in [-0.39, 0.29) is 29.1 Å². The highest BCUT2D eigenvalue weighted by Crippen LogP contribution is 2.71. The molecular formula is C30H48O5. The van der Waals surface area contributed by atoms with E-state index in [2.05, 4.69) is 47.6 Å². The van der Waals surface area contributed by atoms with Gasteiger partial charge in [-0.1, -0.05) is 53.2 Å². The molecule has 0 spiro atoms. The summed E-state index contributed by atoms with van der Waals surface area (Å²) in [6.45, 7) is 13.7. The molecule has 0 radical (unpaired) electrons. The van der Waals surface area contributed by atoms with Gasteiger partial charge in [0.25, 0.3) is 0 Å². The molecule has 4 fully saturated rings. The van der Waals surface area contributed by atoms with Crippen LogP contribution in [0.1, 0.15) is 86.5 Å². The predicted molar refractivity (Wildman–Crippen MR) is 135 cm³/mol. The van der Waals surface area contributed by atoms with Crippen molar-refractivity contribution in [2.75, 3.05) is 0 Å². The number of aliphatic hydroxyl groups is 3. The highest BCUT2D eigenvalue weighted by atomic mass is 16.4.